The summed E-state index contributed by atoms with van der Waals surface area (Å²) in [6.45, 7) is 0.635. The summed E-state index contributed by atoms with van der Waals surface area (Å²) >= 11 is 1.01. The highest BCUT2D eigenvalue weighted by Crippen LogP contribution is 2.30. The standard InChI is InChI=1S/C22H21F3N4OS/c23-8-13-6-15(26)11-29(10-13)19-4-5-27-9-14(19)7-20(30)18-12-31-22(28-18)21-16(24)2-1-3-17(21)25/h1-5,9,12-13,15H,6-8,10-11,26H2. The predicted molar refractivity (Wildman–Crippen MR) is 114 cm³/mol. The second kappa shape index (κ2) is 9.15. The Morgan fingerprint density at radius 2 is 2.00 bits per heavy atom. The summed E-state index contributed by atoms with van der Waals surface area (Å²) in [6, 6.07) is 5.21. The average Bonchev–Trinajstić information content (AvgIpc) is 3.23. The van der Waals surface area contributed by atoms with Crippen molar-refractivity contribution in [3.05, 3.63) is 64.9 Å². The van der Waals surface area contributed by atoms with Gasteiger partial charge in [0.15, 0.2) is 5.78 Å². The number of thiazole rings is 1. The van der Waals surface area contributed by atoms with Crippen molar-refractivity contribution in [1.29, 1.82) is 0 Å². The number of ketones is 1. The van der Waals surface area contributed by atoms with Crippen LogP contribution in [0.5, 0.6) is 0 Å². The number of pyridine rings is 1. The van der Waals surface area contributed by atoms with E-state index in [0.29, 0.717) is 25.1 Å². The number of hydrogen-bond donors (Lipinski definition) is 1. The van der Waals surface area contributed by atoms with Gasteiger partial charge in [-0.2, -0.15) is 0 Å². The Bertz CT molecular complexity index is 1070. The first-order chi connectivity index (χ1) is 15.0. The third-order valence-electron chi connectivity index (χ3n) is 5.32. The van der Waals surface area contributed by atoms with Gasteiger partial charge in [-0.05, 0) is 24.6 Å². The van der Waals surface area contributed by atoms with Crippen molar-refractivity contribution in [2.45, 2.75) is 18.9 Å². The maximum Gasteiger partial charge on any atom is 0.186 e. The number of benzene rings is 1. The summed E-state index contributed by atoms with van der Waals surface area (Å²) in [4.78, 5) is 23.1. The first kappa shape index (κ1) is 21.5. The van der Waals surface area contributed by atoms with E-state index in [-0.39, 0.29) is 40.4 Å². The van der Waals surface area contributed by atoms with Crippen molar-refractivity contribution in [3.8, 4) is 10.6 Å². The van der Waals surface area contributed by atoms with Crippen LogP contribution in [0.25, 0.3) is 10.6 Å². The van der Waals surface area contributed by atoms with E-state index in [1.54, 1.807) is 18.5 Å². The largest absolute Gasteiger partial charge is 0.369 e. The van der Waals surface area contributed by atoms with Crippen LogP contribution >= 0.6 is 11.3 Å². The Morgan fingerprint density at radius 1 is 1.23 bits per heavy atom. The molecule has 1 aliphatic rings. The molecule has 1 aliphatic heterocycles. The van der Waals surface area contributed by atoms with E-state index < -0.39 is 18.3 Å². The molecule has 4 rings (SSSR count). The summed E-state index contributed by atoms with van der Waals surface area (Å²) < 4.78 is 41.3. The molecular weight excluding hydrogens is 425 g/mol. The van der Waals surface area contributed by atoms with Crippen LogP contribution in [0.3, 0.4) is 0 Å². The summed E-state index contributed by atoms with van der Waals surface area (Å²) in [5.74, 6) is -1.91. The van der Waals surface area contributed by atoms with Crippen molar-refractivity contribution in [3.63, 3.8) is 0 Å². The first-order valence-corrected chi connectivity index (χ1v) is 10.8. The van der Waals surface area contributed by atoms with Gasteiger partial charge in [0.2, 0.25) is 0 Å². The minimum absolute atomic E-state index is 0.0120. The number of anilines is 1. The Kier molecular flexibility index (Phi) is 6.33. The highest BCUT2D eigenvalue weighted by atomic mass is 32.1. The third kappa shape index (κ3) is 4.62. The molecule has 1 saturated heterocycles. The molecule has 0 saturated carbocycles. The maximum atomic E-state index is 14.0. The van der Waals surface area contributed by atoms with Gasteiger partial charge in [0.05, 0.1) is 12.2 Å². The molecule has 2 unspecified atom stereocenters. The van der Waals surface area contributed by atoms with Crippen molar-refractivity contribution < 1.29 is 18.0 Å². The van der Waals surface area contributed by atoms with Gasteiger partial charge >= 0.3 is 0 Å². The number of hydrogen-bond acceptors (Lipinski definition) is 6. The van der Waals surface area contributed by atoms with Crippen LogP contribution in [-0.4, -0.2) is 41.6 Å². The Labute approximate surface area is 181 Å². The number of Topliss-reactive ketones (excluding diaryl/α,β-unsaturated/α-hetero) is 1. The smallest absolute Gasteiger partial charge is 0.186 e. The zero-order valence-electron chi connectivity index (χ0n) is 16.6. The van der Waals surface area contributed by atoms with Crippen LogP contribution in [0, 0.1) is 17.6 Å². The van der Waals surface area contributed by atoms with Crippen LogP contribution in [-0.2, 0) is 6.42 Å². The second-order valence-electron chi connectivity index (χ2n) is 7.66. The highest BCUT2D eigenvalue weighted by Gasteiger charge is 2.27. The number of halogens is 3. The van der Waals surface area contributed by atoms with Gasteiger partial charge in [0.25, 0.3) is 0 Å². The number of rotatable bonds is 6. The van der Waals surface area contributed by atoms with Crippen molar-refractivity contribution in [2.24, 2.45) is 11.7 Å². The minimum Gasteiger partial charge on any atom is -0.369 e. The lowest BCUT2D eigenvalue weighted by Gasteiger charge is -2.37. The van der Waals surface area contributed by atoms with Crippen LogP contribution in [0.1, 0.15) is 22.5 Å². The minimum atomic E-state index is -0.730. The van der Waals surface area contributed by atoms with Gasteiger partial charge in [-0.1, -0.05) is 6.07 Å². The number of carbonyl (C=O) groups is 1. The molecule has 2 aromatic heterocycles. The van der Waals surface area contributed by atoms with Crippen molar-refractivity contribution in [2.75, 3.05) is 24.7 Å². The molecule has 9 heteroatoms. The van der Waals surface area contributed by atoms with Gasteiger partial charge in [-0.25, -0.2) is 13.8 Å². The normalized spacial score (nSPS) is 18.9. The number of alkyl halides is 1. The number of aromatic nitrogens is 2. The van der Waals surface area contributed by atoms with E-state index in [1.807, 2.05) is 4.90 Å². The molecule has 0 aliphatic carbocycles. The van der Waals surface area contributed by atoms with Crippen LogP contribution < -0.4 is 10.6 Å². The van der Waals surface area contributed by atoms with Gasteiger partial charge < -0.3 is 10.6 Å². The predicted octanol–water partition coefficient (Wildman–Crippen LogP) is 4.03. The number of piperidine rings is 1. The fraction of sp³-hybridized carbons (Fsp3) is 0.318. The number of nitrogens with two attached hydrogens (primary N) is 1. The van der Waals surface area contributed by atoms with Crippen LogP contribution in [0.2, 0.25) is 0 Å². The summed E-state index contributed by atoms with van der Waals surface area (Å²) in [7, 11) is 0. The lowest BCUT2D eigenvalue weighted by atomic mass is 9.94. The monoisotopic (exact) mass is 446 g/mol. The zero-order valence-corrected chi connectivity index (χ0v) is 17.4. The van der Waals surface area contributed by atoms with Gasteiger partial charge in [-0.3, -0.25) is 14.2 Å². The first-order valence-electron chi connectivity index (χ1n) is 9.88. The molecule has 0 bridgehead atoms. The van der Waals surface area contributed by atoms with Crippen molar-refractivity contribution in [1.82, 2.24) is 9.97 Å². The highest BCUT2D eigenvalue weighted by molar-refractivity contribution is 7.13. The topological polar surface area (TPSA) is 72.1 Å². The van der Waals surface area contributed by atoms with Gasteiger partial charge in [0.1, 0.15) is 22.3 Å². The molecule has 162 valence electrons. The molecule has 3 aromatic rings. The quantitative estimate of drug-likeness (QED) is 0.579. The zero-order chi connectivity index (χ0) is 22.0. The van der Waals surface area contributed by atoms with Gasteiger partial charge in [-0.15, -0.1) is 11.3 Å². The Balaban J connectivity index is 1.56. The molecule has 5 nitrogen and oxygen atoms in total. The van der Waals surface area contributed by atoms with E-state index in [9.17, 15) is 18.0 Å². The summed E-state index contributed by atoms with van der Waals surface area (Å²) in [5, 5.41) is 1.60. The Morgan fingerprint density at radius 3 is 2.74 bits per heavy atom. The molecular formula is C22H21F3N4OS. The second-order valence-corrected chi connectivity index (χ2v) is 8.52. The fourth-order valence-electron chi connectivity index (χ4n) is 3.90. The van der Waals surface area contributed by atoms with E-state index in [1.165, 1.54) is 11.4 Å². The molecule has 1 fully saturated rings. The average molecular weight is 446 g/mol. The van der Waals surface area contributed by atoms with E-state index in [4.69, 9.17) is 5.73 Å². The van der Waals surface area contributed by atoms with Gasteiger partial charge in [0, 0.05) is 60.5 Å². The lowest BCUT2D eigenvalue weighted by Crippen LogP contribution is -2.48. The molecule has 0 spiro atoms. The van der Waals surface area contributed by atoms with Crippen LogP contribution in [0.4, 0.5) is 18.9 Å². The molecule has 0 amide bonds. The van der Waals surface area contributed by atoms with Crippen LogP contribution in [0.15, 0.2) is 42.0 Å². The number of nitrogens with zero attached hydrogens (tertiary/aromatic N) is 3. The molecule has 3 heterocycles. The molecule has 2 atom stereocenters. The molecule has 2 N–H and O–H groups in total. The van der Waals surface area contributed by atoms with E-state index in [2.05, 4.69) is 9.97 Å². The third-order valence-corrected chi connectivity index (χ3v) is 6.18. The van der Waals surface area contributed by atoms with E-state index >= 15 is 0 Å². The molecule has 31 heavy (non-hydrogen) atoms. The lowest BCUT2D eigenvalue weighted by molar-refractivity contribution is 0.0989. The fourth-order valence-corrected chi connectivity index (χ4v) is 4.77. The number of carbonyl (C=O) groups excluding carboxylic acids is 1. The maximum absolute atomic E-state index is 14.0. The van der Waals surface area contributed by atoms with Crippen molar-refractivity contribution >= 4 is 22.8 Å². The SMILES string of the molecule is NC1CC(CF)CN(c2ccncc2CC(=O)c2csc(-c3c(F)cccc3F)n2)C1. The summed E-state index contributed by atoms with van der Waals surface area (Å²) in [5.41, 5.74) is 7.44. The molecule has 0 radical (unpaired) electrons. The van der Waals surface area contributed by atoms with E-state index in [0.717, 1.165) is 29.2 Å². The Hall–Kier alpha value is -2.78. The summed E-state index contributed by atoms with van der Waals surface area (Å²) in [6.07, 6.45) is 3.86. The molecule has 1 aromatic carbocycles.